The zero-order valence-electron chi connectivity index (χ0n) is 16.4. The smallest absolute Gasteiger partial charge is 0.399 e. The second kappa shape index (κ2) is 7.83. The summed E-state index contributed by atoms with van der Waals surface area (Å²) in [5.41, 5.74) is 3.06. The molecule has 0 spiro atoms. The summed E-state index contributed by atoms with van der Waals surface area (Å²) in [6.45, 7) is 8.21. The molecule has 144 valence electrons. The first-order valence-electron chi connectivity index (χ1n) is 8.83. The van der Waals surface area contributed by atoms with Crippen molar-refractivity contribution in [1.82, 2.24) is 0 Å². The summed E-state index contributed by atoms with van der Waals surface area (Å²) < 4.78 is 12.1. The van der Waals surface area contributed by atoms with Crippen molar-refractivity contribution in [2.75, 3.05) is 19.0 Å². The summed E-state index contributed by atoms with van der Waals surface area (Å²) in [5, 5.41) is 8.60. The second-order valence-corrected chi connectivity index (χ2v) is 7.79. The highest BCUT2D eigenvalue weighted by atomic mass is 16.7. The van der Waals surface area contributed by atoms with E-state index >= 15 is 0 Å². The van der Waals surface area contributed by atoms with E-state index in [1.54, 1.807) is 0 Å². The molecule has 0 aliphatic carbocycles. The van der Waals surface area contributed by atoms with Crippen molar-refractivity contribution in [3.63, 3.8) is 0 Å². The van der Waals surface area contributed by atoms with Crippen molar-refractivity contribution >= 4 is 29.6 Å². The summed E-state index contributed by atoms with van der Waals surface area (Å²) in [4.78, 5) is 2.05. The molecule has 0 radical (unpaired) electrons. The molecule has 27 heavy (non-hydrogen) atoms. The van der Waals surface area contributed by atoms with Gasteiger partial charge in [-0.05, 0) is 69.6 Å². The van der Waals surface area contributed by atoms with Gasteiger partial charge in [0.05, 0.1) is 22.6 Å². The van der Waals surface area contributed by atoms with Crippen LogP contribution >= 0.6 is 0 Å². The lowest BCUT2D eigenvalue weighted by atomic mass is 9.79. The first kappa shape index (κ1) is 21.1. The minimum absolute atomic E-state index is 0. The van der Waals surface area contributed by atoms with Crippen LogP contribution in [0.2, 0.25) is 0 Å². The predicted octanol–water partition coefficient (Wildman–Crippen LogP) is 5.10. The lowest BCUT2D eigenvalue weighted by molar-refractivity contribution is 0.00578. The number of nitrogens with zero attached hydrogens (tertiary/aromatic N) is 3. The Morgan fingerprint density at radius 3 is 1.56 bits per heavy atom. The van der Waals surface area contributed by atoms with Gasteiger partial charge in [-0.15, -0.1) is 0 Å². The zero-order chi connectivity index (χ0) is 18.9. The molecular weight excluding hydrogens is 337 g/mol. The molecule has 5 nitrogen and oxygen atoms in total. The van der Waals surface area contributed by atoms with E-state index in [-0.39, 0.29) is 25.7 Å². The molecule has 0 N–H and O–H groups in total. The largest absolute Gasteiger partial charge is 0.494 e. The molecule has 0 bridgehead atoms. The Morgan fingerprint density at radius 1 is 0.741 bits per heavy atom. The third-order valence-corrected chi connectivity index (χ3v) is 5.07. The van der Waals surface area contributed by atoms with Gasteiger partial charge in [0.1, 0.15) is 0 Å². The molecule has 1 fully saturated rings. The number of anilines is 1. The molecule has 2 aromatic carbocycles. The van der Waals surface area contributed by atoms with Crippen LogP contribution in [0.1, 0.15) is 35.1 Å². The van der Waals surface area contributed by atoms with Crippen LogP contribution in [0.15, 0.2) is 58.8 Å². The van der Waals surface area contributed by atoms with E-state index in [1.165, 1.54) is 0 Å². The SMILES string of the molecule is C.CN(C)c1ccc(N=Nc2ccc(B3OC(C)(C)C(C)(C)O3)cc2)cc1. The van der Waals surface area contributed by atoms with E-state index < -0.39 is 0 Å². The summed E-state index contributed by atoms with van der Waals surface area (Å²) in [7, 11) is 3.67. The number of azo groups is 1. The van der Waals surface area contributed by atoms with Crippen LogP contribution in [0.4, 0.5) is 17.1 Å². The third kappa shape index (κ3) is 4.57. The van der Waals surface area contributed by atoms with Crippen LogP contribution < -0.4 is 10.4 Å². The Morgan fingerprint density at radius 2 is 1.15 bits per heavy atom. The molecule has 1 aliphatic rings. The molecule has 3 rings (SSSR count). The molecule has 0 aromatic heterocycles. The van der Waals surface area contributed by atoms with Crippen LogP contribution in [0.5, 0.6) is 0 Å². The monoisotopic (exact) mass is 367 g/mol. The first-order valence-corrected chi connectivity index (χ1v) is 8.83. The topological polar surface area (TPSA) is 46.4 Å². The maximum absolute atomic E-state index is 6.07. The van der Waals surface area contributed by atoms with Gasteiger partial charge in [-0.3, -0.25) is 0 Å². The minimum Gasteiger partial charge on any atom is -0.399 e. The van der Waals surface area contributed by atoms with Gasteiger partial charge in [0, 0.05) is 19.8 Å². The van der Waals surface area contributed by atoms with Gasteiger partial charge in [0.15, 0.2) is 0 Å². The van der Waals surface area contributed by atoms with Crippen LogP contribution in [-0.2, 0) is 9.31 Å². The maximum Gasteiger partial charge on any atom is 0.494 e. The van der Waals surface area contributed by atoms with Crippen molar-refractivity contribution in [2.24, 2.45) is 10.2 Å². The highest BCUT2D eigenvalue weighted by Gasteiger charge is 2.51. The molecule has 1 aliphatic heterocycles. The molecule has 1 heterocycles. The third-order valence-electron chi connectivity index (χ3n) is 5.07. The van der Waals surface area contributed by atoms with E-state index in [0.717, 1.165) is 22.5 Å². The predicted molar refractivity (Wildman–Crippen MR) is 114 cm³/mol. The lowest BCUT2D eigenvalue weighted by Gasteiger charge is -2.32. The maximum atomic E-state index is 6.07. The minimum atomic E-state index is -0.357. The fourth-order valence-corrected chi connectivity index (χ4v) is 2.61. The van der Waals surface area contributed by atoms with Gasteiger partial charge < -0.3 is 14.2 Å². The summed E-state index contributed by atoms with van der Waals surface area (Å²) in [6, 6.07) is 15.8. The van der Waals surface area contributed by atoms with Crippen molar-refractivity contribution in [3.8, 4) is 0 Å². The Labute approximate surface area is 163 Å². The Balaban J connectivity index is 0.00000261. The Kier molecular flexibility index (Phi) is 6.12. The van der Waals surface area contributed by atoms with E-state index in [9.17, 15) is 0 Å². The average molecular weight is 367 g/mol. The second-order valence-electron chi connectivity index (χ2n) is 7.79. The number of benzene rings is 2. The van der Waals surface area contributed by atoms with Gasteiger partial charge in [-0.1, -0.05) is 19.6 Å². The highest BCUT2D eigenvalue weighted by Crippen LogP contribution is 2.36. The van der Waals surface area contributed by atoms with E-state index in [1.807, 2.05) is 62.6 Å². The van der Waals surface area contributed by atoms with Crippen LogP contribution in [-0.4, -0.2) is 32.4 Å². The molecule has 0 amide bonds. The molecule has 0 saturated carbocycles. The van der Waals surface area contributed by atoms with Crippen molar-refractivity contribution < 1.29 is 9.31 Å². The van der Waals surface area contributed by atoms with Gasteiger partial charge in [0.2, 0.25) is 0 Å². The fraction of sp³-hybridized carbons (Fsp3) is 0.429. The van der Waals surface area contributed by atoms with E-state index in [2.05, 4.69) is 42.8 Å². The van der Waals surface area contributed by atoms with Crippen molar-refractivity contribution in [2.45, 2.75) is 46.3 Å². The summed E-state index contributed by atoms with van der Waals surface area (Å²) in [6.07, 6.45) is 0. The van der Waals surface area contributed by atoms with Gasteiger partial charge >= 0.3 is 7.12 Å². The lowest BCUT2D eigenvalue weighted by Crippen LogP contribution is -2.41. The first-order chi connectivity index (χ1) is 12.2. The van der Waals surface area contributed by atoms with E-state index in [4.69, 9.17) is 9.31 Å². The van der Waals surface area contributed by atoms with E-state index in [0.29, 0.717) is 0 Å². The van der Waals surface area contributed by atoms with Gasteiger partial charge in [0.25, 0.3) is 0 Å². The molecule has 1 saturated heterocycles. The van der Waals surface area contributed by atoms with Crippen LogP contribution in [0, 0.1) is 0 Å². The molecule has 2 aromatic rings. The zero-order valence-corrected chi connectivity index (χ0v) is 16.4. The van der Waals surface area contributed by atoms with Gasteiger partial charge in [-0.25, -0.2) is 0 Å². The Hall–Kier alpha value is -2.18. The molecule has 0 atom stereocenters. The van der Waals surface area contributed by atoms with Gasteiger partial charge in [-0.2, -0.15) is 10.2 Å². The number of hydrogen-bond acceptors (Lipinski definition) is 5. The van der Waals surface area contributed by atoms with Crippen LogP contribution in [0.3, 0.4) is 0 Å². The fourth-order valence-electron chi connectivity index (χ4n) is 2.61. The molecule has 6 heteroatoms. The number of rotatable bonds is 4. The summed E-state index contributed by atoms with van der Waals surface area (Å²) >= 11 is 0. The van der Waals surface area contributed by atoms with Crippen LogP contribution in [0.25, 0.3) is 0 Å². The Bertz CT molecular complexity index is 768. The molecular formula is C21H30BN3O2. The van der Waals surface area contributed by atoms with Crippen molar-refractivity contribution in [1.29, 1.82) is 0 Å². The average Bonchev–Trinajstić information content (AvgIpc) is 2.81. The highest BCUT2D eigenvalue weighted by molar-refractivity contribution is 6.62. The number of hydrogen-bond donors (Lipinski definition) is 0. The standard InChI is InChI=1S/C20H26BN3O2.CH4/c1-19(2)20(3,4)26-21(25-19)15-7-9-16(10-8-15)22-23-17-11-13-18(14-12-17)24(5)6;/h7-14H,1-6H3;1H4. The van der Waals surface area contributed by atoms with Crippen molar-refractivity contribution in [3.05, 3.63) is 48.5 Å². The summed E-state index contributed by atoms with van der Waals surface area (Å²) in [5.74, 6) is 0. The normalized spacial score (nSPS) is 17.8. The molecule has 0 unspecified atom stereocenters. The quantitative estimate of drug-likeness (QED) is 0.558.